The van der Waals surface area contributed by atoms with E-state index in [9.17, 15) is 9.90 Å². The summed E-state index contributed by atoms with van der Waals surface area (Å²) < 4.78 is 0. The Bertz CT molecular complexity index is 664. The summed E-state index contributed by atoms with van der Waals surface area (Å²) in [6.45, 7) is 1.09. The van der Waals surface area contributed by atoms with Crippen LogP contribution in [0.1, 0.15) is 25.7 Å². The van der Waals surface area contributed by atoms with Gasteiger partial charge in [-0.15, -0.1) is 0 Å². The van der Waals surface area contributed by atoms with Gasteiger partial charge in [0.05, 0.1) is 0 Å². The maximum atomic E-state index is 11.8. The smallest absolute Gasteiger partial charge is 0.451 e. The number of carbonyl (C=O) groups is 1. The van der Waals surface area contributed by atoms with E-state index in [4.69, 9.17) is 39.6 Å². The van der Waals surface area contributed by atoms with E-state index in [-0.39, 0.29) is 18.7 Å². The Hall–Kier alpha value is -1.39. The number of benzene rings is 1. The molecule has 0 spiro atoms. The topological polar surface area (TPSA) is 119 Å². The lowest BCUT2D eigenvalue weighted by molar-refractivity contribution is -0.145. The molecule has 0 aliphatic carbocycles. The second-order valence-electron chi connectivity index (χ2n) is 6.94. The minimum absolute atomic E-state index is 0.210. The Kier molecular flexibility index (Phi) is 7.87. The van der Waals surface area contributed by atoms with Crippen molar-refractivity contribution in [2.45, 2.75) is 37.5 Å². The summed E-state index contributed by atoms with van der Waals surface area (Å²) >= 11 is 11.3. The molecule has 0 bridgehead atoms. The highest BCUT2D eigenvalue weighted by Gasteiger charge is 2.45. The van der Waals surface area contributed by atoms with Gasteiger partial charge in [-0.2, -0.15) is 0 Å². The van der Waals surface area contributed by atoms with Crippen molar-refractivity contribution in [2.24, 2.45) is 11.7 Å². The molecule has 1 aromatic rings. The van der Waals surface area contributed by atoms with E-state index >= 15 is 0 Å². The molecule has 1 aliphatic heterocycles. The molecule has 2 rings (SSSR count). The van der Waals surface area contributed by atoms with Gasteiger partial charge < -0.3 is 31.1 Å². The first-order valence-electron chi connectivity index (χ1n) is 8.92. The summed E-state index contributed by atoms with van der Waals surface area (Å²) in [5.74, 6) is -1.27. The molecule has 1 aromatic carbocycles. The van der Waals surface area contributed by atoms with Crippen molar-refractivity contribution >= 4 is 47.7 Å². The number of unbranched alkanes of at least 4 members (excludes halogenated alkanes) is 1. The van der Waals surface area contributed by atoms with Gasteiger partial charge >= 0.3 is 13.1 Å². The number of anilines is 1. The summed E-state index contributed by atoms with van der Waals surface area (Å²) in [6, 6.07) is 7.17. The Labute approximate surface area is 169 Å². The van der Waals surface area contributed by atoms with E-state index in [2.05, 4.69) is 5.32 Å². The Morgan fingerprint density at radius 2 is 2.04 bits per heavy atom. The van der Waals surface area contributed by atoms with Crippen molar-refractivity contribution in [1.29, 1.82) is 0 Å². The molecule has 148 valence electrons. The van der Waals surface area contributed by atoms with E-state index in [1.165, 1.54) is 0 Å². The molecule has 1 fully saturated rings. The van der Waals surface area contributed by atoms with E-state index in [1.807, 2.05) is 17.0 Å². The molecule has 27 heavy (non-hydrogen) atoms. The fraction of sp³-hybridized carbons (Fsp3) is 0.529. The number of halogens is 1. The van der Waals surface area contributed by atoms with Gasteiger partial charge in [0.1, 0.15) is 5.54 Å². The molecular formula is C17H25BClN3O4S. The van der Waals surface area contributed by atoms with Crippen LogP contribution in [0.3, 0.4) is 0 Å². The zero-order valence-electron chi connectivity index (χ0n) is 15.0. The highest BCUT2D eigenvalue weighted by Crippen LogP contribution is 2.31. The summed E-state index contributed by atoms with van der Waals surface area (Å²) in [5.41, 5.74) is 5.72. The highest BCUT2D eigenvalue weighted by atomic mass is 35.5. The molecule has 7 nitrogen and oxygen atoms in total. The van der Waals surface area contributed by atoms with E-state index in [0.29, 0.717) is 42.5 Å². The molecule has 0 amide bonds. The number of rotatable bonds is 8. The number of thiocarbonyl (C=S) groups is 1. The van der Waals surface area contributed by atoms with Gasteiger partial charge in [0.15, 0.2) is 5.11 Å². The van der Waals surface area contributed by atoms with Crippen molar-refractivity contribution < 1.29 is 19.9 Å². The Balaban J connectivity index is 1.93. The normalized spacial score (nSPS) is 18.8. The number of carboxylic acids is 1. The molecule has 10 heteroatoms. The summed E-state index contributed by atoms with van der Waals surface area (Å²) in [7, 11) is -1.37. The van der Waals surface area contributed by atoms with Crippen LogP contribution in [0.15, 0.2) is 24.3 Å². The van der Waals surface area contributed by atoms with Crippen LogP contribution in [-0.4, -0.2) is 56.9 Å². The lowest BCUT2D eigenvalue weighted by Gasteiger charge is -2.31. The van der Waals surface area contributed by atoms with Gasteiger partial charge in [0, 0.05) is 29.7 Å². The fourth-order valence-corrected chi connectivity index (χ4v) is 3.74. The molecule has 1 unspecified atom stereocenters. The highest BCUT2D eigenvalue weighted by molar-refractivity contribution is 7.80. The predicted molar refractivity (Wildman–Crippen MR) is 111 cm³/mol. The minimum Gasteiger partial charge on any atom is -0.480 e. The quantitative estimate of drug-likeness (QED) is 0.249. The average molecular weight is 414 g/mol. The van der Waals surface area contributed by atoms with Crippen molar-refractivity contribution in [3.63, 3.8) is 0 Å². The molecule has 1 aliphatic rings. The molecule has 1 heterocycles. The third kappa shape index (κ3) is 6.05. The van der Waals surface area contributed by atoms with Crippen molar-refractivity contribution in [3.8, 4) is 0 Å². The van der Waals surface area contributed by atoms with Crippen molar-refractivity contribution in [1.82, 2.24) is 4.90 Å². The summed E-state index contributed by atoms with van der Waals surface area (Å²) in [5, 5.41) is 31.8. The van der Waals surface area contributed by atoms with Crippen molar-refractivity contribution in [2.75, 3.05) is 18.4 Å². The molecule has 0 radical (unpaired) electrons. The SMILES string of the molecule is NC(CCCCB(O)O)(C(=O)O)[C@H]1CCN(C(=S)Nc2ccc(Cl)cc2)C1. The fourth-order valence-electron chi connectivity index (χ4n) is 3.33. The third-order valence-electron chi connectivity index (χ3n) is 5.00. The lowest BCUT2D eigenvalue weighted by Crippen LogP contribution is -2.55. The minimum atomic E-state index is -1.37. The second kappa shape index (κ2) is 9.70. The predicted octanol–water partition coefficient (Wildman–Crippen LogP) is 1.78. The van der Waals surface area contributed by atoms with Gasteiger partial charge in [-0.1, -0.05) is 24.4 Å². The first-order chi connectivity index (χ1) is 12.7. The molecule has 1 saturated heterocycles. The van der Waals surface area contributed by atoms with Gasteiger partial charge in [0.2, 0.25) is 0 Å². The van der Waals surface area contributed by atoms with Gasteiger partial charge in [-0.3, -0.25) is 4.79 Å². The monoisotopic (exact) mass is 413 g/mol. The van der Waals surface area contributed by atoms with Crippen LogP contribution in [0.2, 0.25) is 11.3 Å². The van der Waals surface area contributed by atoms with Gasteiger partial charge in [-0.05, 0) is 55.6 Å². The third-order valence-corrected chi connectivity index (χ3v) is 5.61. The van der Waals surface area contributed by atoms with Crippen LogP contribution in [0, 0.1) is 5.92 Å². The van der Waals surface area contributed by atoms with E-state index < -0.39 is 18.6 Å². The maximum absolute atomic E-state index is 11.8. The zero-order valence-corrected chi connectivity index (χ0v) is 16.5. The number of nitrogens with zero attached hydrogens (tertiary/aromatic N) is 1. The molecule has 0 aromatic heterocycles. The Morgan fingerprint density at radius 1 is 1.37 bits per heavy atom. The second-order valence-corrected chi connectivity index (χ2v) is 7.76. The Morgan fingerprint density at radius 3 is 2.63 bits per heavy atom. The first-order valence-corrected chi connectivity index (χ1v) is 9.71. The number of nitrogens with two attached hydrogens (primary N) is 1. The first kappa shape index (κ1) is 21.9. The van der Waals surface area contributed by atoms with Crippen molar-refractivity contribution in [3.05, 3.63) is 29.3 Å². The van der Waals surface area contributed by atoms with Crippen LogP contribution < -0.4 is 11.1 Å². The van der Waals surface area contributed by atoms with Crippen LogP contribution >= 0.6 is 23.8 Å². The van der Waals surface area contributed by atoms with Gasteiger partial charge in [-0.25, -0.2) is 0 Å². The van der Waals surface area contributed by atoms with E-state index in [0.717, 1.165) is 5.69 Å². The lowest BCUT2D eigenvalue weighted by atomic mass is 9.77. The molecule has 0 saturated carbocycles. The van der Waals surface area contributed by atoms with E-state index in [1.54, 1.807) is 12.1 Å². The van der Waals surface area contributed by atoms with Gasteiger partial charge in [0.25, 0.3) is 0 Å². The zero-order chi connectivity index (χ0) is 20.0. The van der Waals surface area contributed by atoms with Crippen LogP contribution in [0.5, 0.6) is 0 Å². The molecule has 2 atom stereocenters. The summed E-state index contributed by atoms with van der Waals surface area (Å²) in [6.07, 6.45) is 2.15. The number of nitrogens with one attached hydrogen (secondary N) is 1. The average Bonchev–Trinajstić information content (AvgIpc) is 3.11. The number of hydrogen-bond donors (Lipinski definition) is 5. The van der Waals surface area contributed by atoms with Crippen LogP contribution in [0.4, 0.5) is 5.69 Å². The molecular weight excluding hydrogens is 389 g/mol. The maximum Gasteiger partial charge on any atom is 0.451 e. The molecule has 6 N–H and O–H groups in total. The number of hydrogen-bond acceptors (Lipinski definition) is 5. The standard InChI is InChI=1S/C17H25BClN3O4S/c19-13-3-5-14(6-4-13)21-16(27)22-10-7-12(11-22)17(20,15(23)24)8-1-2-9-18(25)26/h3-6,12,25-26H,1-2,7-11,20H2,(H,21,27)(H,23,24)/t12-,17?/m0/s1. The van der Waals surface area contributed by atoms with Crippen LogP contribution in [0.25, 0.3) is 0 Å². The number of aliphatic carboxylic acids is 1. The number of carboxylic acid groups (broad SMARTS) is 1. The largest absolute Gasteiger partial charge is 0.480 e. The summed E-state index contributed by atoms with van der Waals surface area (Å²) in [4.78, 5) is 13.8. The number of likely N-dealkylation sites (tertiary alicyclic amines) is 1. The van der Waals surface area contributed by atoms with Crippen LogP contribution in [-0.2, 0) is 4.79 Å².